The molecule has 1 atom stereocenters. The minimum Gasteiger partial charge on any atom is -0.442 e. The van der Waals surface area contributed by atoms with Crippen molar-refractivity contribution in [3.63, 3.8) is 0 Å². The number of aryl methyl sites for hydroxylation is 1. The molecule has 0 aliphatic carbocycles. The Kier molecular flexibility index (Phi) is 14.4. The lowest BCUT2D eigenvalue weighted by Crippen LogP contribution is -2.59. The molecule has 2 N–H and O–H groups in total. The summed E-state index contributed by atoms with van der Waals surface area (Å²) < 4.78 is 7.33. The number of para-hydroxylation sites is 1. The van der Waals surface area contributed by atoms with Crippen LogP contribution < -0.4 is 10.9 Å². The third-order valence-corrected chi connectivity index (χ3v) is 12.9. The zero-order valence-electron chi connectivity index (χ0n) is 35.4. The molecule has 5 heterocycles. The Labute approximate surface area is 348 Å². The van der Waals surface area contributed by atoms with E-state index in [0.29, 0.717) is 57.9 Å². The van der Waals surface area contributed by atoms with Crippen LogP contribution in [0.5, 0.6) is 0 Å². The highest BCUT2D eigenvalue weighted by atomic mass is 16.5. The number of H-pyrrole nitrogens is 1. The number of carbonyl (C=O) groups excluding carboxylic acids is 3. The number of benzene rings is 2. The smallest absolute Gasteiger partial charge is 0.318 e. The number of rotatable bonds is 15. The largest absolute Gasteiger partial charge is 0.442 e. The van der Waals surface area contributed by atoms with Gasteiger partial charge < -0.3 is 29.7 Å². The van der Waals surface area contributed by atoms with Crippen LogP contribution in [0.3, 0.4) is 0 Å². The quantitative estimate of drug-likeness (QED) is 0.108. The van der Waals surface area contributed by atoms with Gasteiger partial charge in [0.25, 0.3) is 5.56 Å². The van der Waals surface area contributed by atoms with Crippen LogP contribution in [-0.4, -0.2) is 124 Å². The topological polar surface area (TPSA) is 136 Å². The number of hydrogen-bond acceptors (Lipinski definition) is 8. The Balaban J connectivity index is 1.01. The third-order valence-electron chi connectivity index (χ3n) is 12.9. The van der Waals surface area contributed by atoms with Gasteiger partial charge in [-0.3, -0.25) is 19.3 Å². The van der Waals surface area contributed by atoms with Crippen molar-refractivity contribution in [2.75, 3.05) is 59.4 Å². The van der Waals surface area contributed by atoms with E-state index in [4.69, 9.17) is 4.74 Å². The highest BCUT2D eigenvalue weighted by Crippen LogP contribution is 2.28. The average molecular weight is 809 g/mol. The van der Waals surface area contributed by atoms with Gasteiger partial charge in [0.2, 0.25) is 5.91 Å². The number of aromatic nitrogens is 3. The van der Waals surface area contributed by atoms with Gasteiger partial charge in [0, 0.05) is 74.6 Å². The number of aromatic amines is 1. The van der Waals surface area contributed by atoms with Crippen LogP contribution in [0.2, 0.25) is 0 Å². The molecule has 3 aliphatic rings. The molecule has 59 heavy (non-hydrogen) atoms. The molecule has 318 valence electrons. The molecule has 2 aromatic heterocycles. The molecule has 0 radical (unpaired) electrons. The first-order valence-corrected chi connectivity index (χ1v) is 22.2. The van der Waals surface area contributed by atoms with Crippen LogP contribution in [-0.2, 0) is 27.5 Å². The minimum absolute atomic E-state index is 0.0464. The van der Waals surface area contributed by atoms with Crippen molar-refractivity contribution in [2.24, 2.45) is 0 Å². The maximum atomic E-state index is 14.4. The minimum atomic E-state index is -0.756. The first-order chi connectivity index (χ1) is 28.7. The summed E-state index contributed by atoms with van der Waals surface area (Å²) in [5.41, 5.74) is 4.27. The van der Waals surface area contributed by atoms with Crippen LogP contribution in [0.1, 0.15) is 100 Å². The normalized spacial score (nSPS) is 18.1. The molecule has 3 saturated heterocycles. The van der Waals surface area contributed by atoms with Gasteiger partial charge in [-0.15, -0.1) is 0 Å². The van der Waals surface area contributed by atoms with E-state index in [2.05, 4.69) is 45.2 Å². The molecule has 2 aromatic carbocycles. The predicted octanol–water partition coefficient (Wildman–Crippen LogP) is 6.18. The van der Waals surface area contributed by atoms with Crippen LogP contribution >= 0.6 is 0 Å². The lowest BCUT2D eigenvalue weighted by atomic mass is 9.89. The van der Waals surface area contributed by atoms with E-state index in [1.165, 1.54) is 19.3 Å². The molecule has 4 aromatic rings. The Bertz CT molecular complexity index is 2110. The number of fused-ring (bicyclic) bond motifs is 2. The van der Waals surface area contributed by atoms with Crippen molar-refractivity contribution >= 4 is 39.7 Å². The summed E-state index contributed by atoms with van der Waals surface area (Å²) in [7, 11) is 2.18. The average Bonchev–Trinajstić information content (AvgIpc) is 3.67. The molecule has 3 aliphatic heterocycles. The lowest BCUT2D eigenvalue weighted by molar-refractivity contribution is -0.147. The summed E-state index contributed by atoms with van der Waals surface area (Å²) in [6, 6.07) is 13.4. The Morgan fingerprint density at radius 1 is 0.864 bits per heavy atom. The molecule has 0 spiro atoms. The lowest BCUT2D eigenvalue weighted by Gasteiger charge is -2.43. The van der Waals surface area contributed by atoms with Gasteiger partial charge in [0.05, 0.1) is 11.7 Å². The second kappa shape index (κ2) is 20.0. The van der Waals surface area contributed by atoms with E-state index in [1.54, 1.807) is 15.8 Å². The van der Waals surface area contributed by atoms with Crippen molar-refractivity contribution in [1.29, 1.82) is 0 Å². The van der Waals surface area contributed by atoms with Crippen molar-refractivity contribution in [3.8, 4) is 0 Å². The van der Waals surface area contributed by atoms with Crippen molar-refractivity contribution in [1.82, 2.24) is 39.7 Å². The molecule has 1 unspecified atom stereocenters. The maximum absolute atomic E-state index is 14.4. The zero-order valence-corrected chi connectivity index (χ0v) is 35.4. The van der Waals surface area contributed by atoms with E-state index in [9.17, 15) is 19.2 Å². The SMILES string of the molecule is CCCCCCCCC(=O)OCn1ncc2cc(CC(NC(=O)N3CCC(c4cc5ccccc5[nH]c4=O)CC3)C(=O)N3CCN(C4CCN(C)CC4)CC3)cc(C)c21. The number of nitrogens with zero attached hydrogens (tertiary/aromatic N) is 6. The number of amides is 3. The van der Waals surface area contributed by atoms with E-state index < -0.39 is 6.04 Å². The number of hydrogen-bond donors (Lipinski definition) is 2. The molecule has 13 nitrogen and oxygen atoms in total. The summed E-state index contributed by atoms with van der Waals surface area (Å²) in [6.45, 7) is 10.3. The fourth-order valence-electron chi connectivity index (χ4n) is 9.42. The fraction of sp³-hybridized carbons (Fsp3) is 0.587. The summed E-state index contributed by atoms with van der Waals surface area (Å²) >= 11 is 0. The molecule has 0 saturated carbocycles. The van der Waals surface area contributed by atoms with E-state index in [1.807, 2.05) is 48.2 Å². The number of ether oxygens (including phenoxy) is 1. The molecule has 13 heteroatoms. The Morgan fingerprint density at radius 3 is 2.36 bits per heavy atom. The number of likely N-dealkylation sites (tertiary alicyclic amines) is 2. The van der Waals surface area contributed by atoms with Crippen molar-refractivity contribution < 1.29 is 19.1 Å². The van der Waals surface area contributed by atoms with Crippen molar-refractivity contribution in [2.45, 2.75) is 116 Å². The number of pyridine rings is 1. The standard InChI is InChI=1S/C46H64N8O5/c1-4-5-6-7-8-9-14-42(55)59-32-54-43-33(2)27-34(28-37(43)31-47-54)29-41(45(57)52-25-23-51(24-26-52)38-17-19-50(3)20-18-38)49-46(58)53-21-15-35(16-22-53)39-30-36-12-10-11-13-40(36)48-44(39)56/h10-13,27-28,30-31,35,38,41H,4-9,14-26,29,32H2,1-3H3,(H,48,56)(H,49,58). The number of carbonyl (C=O) groups is 3. The molecule has 3 amide bonds. The summed E-state index contributed by atoms with van der Waals surface area (Å²) in [5, 5.41) is 9.61. The number of urea groups is 1. The van der Waals surface area contributed by atoms with Crippen LogP contribution in [0.25, 0.3) is 21.8 Å². The van der Waals surface area contributed by atoms with Crippen molar-refractivity contribution in [3.05, 3.63) is 75.7 Å². The molecular formula is C46H64N8O5. The first kappa shape index (κ1) is 42.4. The second-order valence-corrected chi connectivity index (χ2v) is 17.2. The number of piperazine rings is 1. The van der Waals surface area contributed by atoms with Gasteiger partial charge in [0.1, 0.15) is 6.04 Å². The Morgan fingerprint density at radius 2 is 1.59 bits per heavy atom. The maximum Gasteiger partial charge on any atom is 0.318 e. The number of esters is 1. The highest BCUT2D eigenvalue weighted by molar-refractivity contribution is 5.88. The van der Waals surface area contributed by atoms with Gasteiger partial charge in [-0.05, 0) is 99.8 Å². The molecule has 0 bridgehead atoms. The highest BCUT2D eigenvalue weighted by Gasteiger charge is 2.34. The summed E-state index contributed by atoms with van der Waals surface area (Å²) in [4.78, 5) is 65.6. The predicted molar refractivity (Wildman–Crippen MR) is 231 cm³/mol. The fourth-order valence-corrected chi connectivity index (χ4v) is 9.42. The van der Waals surface area contributed by atoms with E-state index in [0.717, 1.165) is 96.8 Å². The summed E-state index contributed by atoms with van der Waals surface area (Å²) in [6.07, 6.45) is 12.8. The van der Waals surface area contributed by atoms with Gasteiger partial charge >= 0.3 is 12.0 Å². The van der Waals surface area contributed by atoms with Crippen LogP contribution in [0, 0.1) is 6.92 Å². The first-order valence-electron chi connectivity index (χ1n) is 22.2. The number of piperidine rings is 2. The monoisotopic (exact) mass is 808 g/mol. The van der Waals surface area contributed by atoms with Gasteiger partial charge in [-0.1, -0.05) is 63.3 Å². The number of nitrogens with one attached hydrogen (secondary N) is 2. The summed E-state index contributed by atoms with van der Waals surface area (Å²) in [5.74, 6) is -0.232. The van der Waals surface area contributed by atoms with Crippen LogP contribution in [0.15, 0.2) is 53.5 Å². The van der Waals surface area contributed by atoms with E-state index >= 15 is 0 Å². The van der Waals surface area contributed by atoms with Gasteiger partial charge in [0.15, 0.2) is 6.73 Å². The zero-order chi connectivity index (χ0) is 41.3. The molecule has 3 fully saturated rings. The second-order valence-electron chi connectivity index (χ2n) is 17.2. The third kappa shape index (κ3) is 10.7. The Hall–Kier alpha value is -4.75. The molecular weight excluding hydrogens is 745 g/mol. The van der Waals surface area contributed by atoms with Gasteiger partial charge in [-0.2, -0.15) is 5.10 Å². The number of unbranched alkanes of at least 4 members (excludes halogenated alkanes) is 5. The van der Waals surface area contributed by atoms with Gasteiger partial charge in [-0.25, -0.2) is 9.48 Å². The van der Waals surface area contributed by atoms with Crippen LogP contribution in [0.4, 0.5) is 4.79 Å². The van der Waals surface area contributed by atoms with E-state index in [-0.39, 0.29) is 36.1 Å². The molecule has 7 rings (SSSR count).